The Labute approximate surface area is 196 Å². The topological polar surface area (TPSA) is 44.9 Å². The summed E-state index contributed by atoms with van der Waals surface area (Å²) in [7, 11) is 0. The summed E-state index contributed by atoms with van der Waals surface area (Å²) in [6.07, 6.45) is 0. The molecule has 0 spiro atoms. The number of aromatic amines is 1. The van der Waals surface area contributed by atoms with Gasteiger partial charge in [0.2, 0.25) is 0 Å². The molecule has 33 heavy (non-hydrogen) atoms. The molecule has 3 aromatic carbocycles. The zero-order valence-corrected chi connectivity index (χ0v) is 20.1. The summed E-state index contributed by atoms with van der Waals surface area (Å²) in [5, 5.41) is 3.10. The molecule has 1 heterocycles. The third-order valence-electron chi connectivity index (χ3n) is 5.97. The van der Waals surface area contributed by atoms with Gasteiger partial charge in [-0.05, 0) is 40.2 Å². The third kappa shape index (κ3) is 4.78. The van der Waals surface area contributed by atoms with E-state index in [1.54, 1.807) is 0 Å². The van der Waals surface area contributed by atoms with Crippen molar-refractivity contribution in [1.82, 2.24) is 4.98 Å². The molecule has 0 aliphatic heterocycles. The molecule has 0 radical (unpaired) electrons. The quantitative estimate of drug-likeness (QED) is 0.327. The number of aromatic nitrogens is 1. The van der Waals surface area contributed by atoms with Gasteiger partial charge in [0.1, 0.15) is 0 Å². The van der Waals surface area contributed by atoms with Crippen LogP contribution < -0.4 is 5.32 Å². The van der Waals surface area contributed by atoms with Crippen molar-refractivity contribution < 1.29 is 4.79 Å². The summed E-state index contributed by atoms with van der Waals surface area (Å²) in [5.41, 5.74) is 7.81. The van der Waals surface area contributed by atoms with E-state index >= 15 is 0 Å². The van der Waals surface area contributed by atoms with Crippen LogP contribution in [0.4, 0.5) is 5.69 Å². The third-order valence-corrected chi connectivity index (χ3v) is 5.97. The van der Waals surface area contributed by atoms with Gasteiger partial charge in [0.05, 0.1) is 11.3 Å². The minimum Gasteiger partial charge on any atom is -0.357 e. The highest BCUT2D eigenvalue weighted by molar-refractivity contribution is 6.12. The molecule has 1 amide bonds. The van der Waals surface area contributed by atoms with E-state index in [4.69, 9.17) is 0 Å². The number of carbonyl (C=O) groups excluding carboxylic acids is 1. The highest BCUT2D eigenvalue weighted by Gasteiger charge is 2.26. The van der Waals surface area contributed by atoms with Gasteiger partial charge < -0.3 is 10.3 Å². The maximum absolute atomic E-state index is 13.6. The SMILES string of the molecule is CC(C)c1[nH]c(-c2ccc(C(C)(C)C)cc2)c(-c2ccccc2)c1C(=O)Nc1ccccc1. The predicted molar refractivity (Wildman–Crippen MR) is 139 cm³/mol. The van der Waals surface area contributed by atoms with Crippen molar-refractivity contribution in [2.24, 2.45) is 0 Å². The number of para-hydroxylation sites is 1. The molecule has 3 heteroatoms. The molecule has 1 aromatic heterocycles. The Morgan fingerprint density at radius 1 is 0.788 bits per heavy atom. The molecule has 0 fully saturated rings. The van der Waals surface area contributed by atoms with E-state index in [2.05, 4.69) is 81.3 Å². The molecule has 0 unspecified atom stereocenters. The fourth-order valence-electron chi connectivity index (χ4n) is 4.15. The molecule has 2 N–H and O–H groups in total. The van der Waals surface area contributed by atoms with Crippen LogP contribution in [0.1, 0.15) is 62.2 Å². The van der Waals surface area contributed by atoms with Crippen LogP contribution in [0.2, 0.25) is 0 Å². The Bertz CT molecular complexity index is 1230. The van der Waals surface area contributed by atoms with Crippen molar-refractivity contribution in [2.75, 3.05) is 5.32 Å². The van der Waals surface area contributed by atoms with Crippen molar-refractivity contribution in [3.63, 3.8) is 0 Å². The summed E-state index contributed by atoms with van der Waals surface area (Å²) < 4.78 is 0. The predicted octanol–water partition coefficient (Wildman–Crippen LogP) is 8.02. The van der Waals surface area contributed by atoms with Crippen LogP contribution >= 0.6 is 0 Å². The van der Waals surface area contributed by atoms with Crippen LogP contribution in [-0.2, 0) is 5.41 Å². The molecule has 0 saturated heterocycles. The lowest BCUT2D eigenvalue weighted by atomic mass is 9.86. The van der Waals surface area contributed by atoms with Crippen LogP contribution in [0, 0.1) is 0 Å². The van der Waals surface area contributed by atoms with E-state index in [9.17, 15) is 4.79 Å². The normalized spacial score (nSPS) is 11.6. The number of rotatable bonds is 5. The van der Waals surface area contributed by atoms with Crippen molar-refractivity contribution in [2.45, 2.75) is 46.0 Å². The van der Waals surface area contributed by atoms with Gasteiger partial charge in [0.25, 0.3) is 5.91 Å². The zero-order chi connectivity index (χ0) is 23.6. The molecule has 0 aliphatic carbocycles. The smallest absolute Gasteiger partial charge is 0.258 e. The zero-order valence-electron chi connectivity index (χ0n) is 20.1. The number of anilines is 1. The van der Waals surface area contributed by atoms with E-state index in [0.29, 0.717) is 5.56 Å². The Morgan fingerprint density at radius 2 is 1.36 bits per heavy atom. The maximum Gasteiger partial charge on any atom is 0.258 e. The number of benzene rings is 3. The lowest BCUT2D eigenvalue weighted by Crippen LogP contribution is -2.14. The highest BCUT2D eigenvalue weighted by atomic mass is 16.1. The van der Waals surface area contributed by atoms with Gasteiger partial charge in [-0.1, -0.05) is 107 Å². The van der Waals surface area contributed by atoms with Crippen molar-refractivity contribution in [3.8, 4) is 22.4 Å². The van der Waals surface area contributed by atoms with Crippen LogP contribution in [0.25, 0.3) is 22.4 Å². The average Bonchev–Trinajstić information content (AvgIpc) is 3.21. The number of H-pyrrole nitrogens is 1. The Hall–Kier alpha value is -3.59. The van der Waals surface area contributed by atoms with Gasteiger partial charge in [-0.25, -0.2) is 0 Å². The Kier molecular flexibility index (Phi) is 6.24. The molecule has 4 aromatic rings. The summed E-state index contributed by atoms with van der Waals surface area (Å²) in [6.45, 7) is 10.9. The van der Waals surface area contributed by atoms with Crippen LogP contribution in [0.15, 0.2) is 84.9 Å². The molecule has 168 valence electrons. The molecule has 0 aliphatic rings. The molecule has 0 atom stereocenters. The van der Waals surface area contributed by atoms with Crippen LogP contribution in [0.3, 0.4) is 0 Å². The largest absolute Gasteiger partial charge is 0.357 e. The number of amides is 1. The lowest BCUT2D eigenvalue weighted by Gasteiger charge is -2.19. The number of hydrogen-bond donors (Lipinski definition) is 2. The maximum atomic E-state index is 13.6. The average molecular weight is 437 g/mol. The standard InChI is InChI=1S/C30H32N2O/c1-20(2)27-26(29(33)31-24-14-10-7-11-15-24)25(21-12-8-6-9-13-21)28(32-27)22-16-18-23(19-17-22)30(3,4)5/h6-20,32H,1-5H3,(H,31,33). The highest BCUT2D eigenvalue weighted by Crippen LogP contribution is 2.40. The first-order valence-electron chi connectivity index (χ1n) is 11.5. The van der Waals surface area contributed by atoms with Crippen LogP contribution in [-0.4, -0.2) is 10.9 Å². The van der Waals surface area contributed by atoms with E-state index in [1.165, 1.54) is 5.56 Å². The monoisotopic (exact) mass is 436 g/mol. The second-order valence-corrected chi connectivity index (χ2v) is 9.83. The minimum absolute atomic E-state index is 0.0837. The van der Waals surface area contributed by atoms with E-state index in [-0.39, 0.29) is 17.2 Å². The van der Waals surface area contributed by atoms with Gasteiger partial charge in [-0.15, -0.1) is 0 Å². The molecule has 3 nitrogen and oxygen atoms in total. The molecule has 4 rings (SSSR count). The Balaban J connectivity index is 1.90. The molecular weight excluding hydrogens is 404 g/mol. The fourth-order valence-corrected chi connectivity index (χ4v) is 4.15. The summed E-state index contributed by atoms with van der Waals surface area (Å²) in [6, 6.07) is 28.5. The molecular formula is C30H32N2O. The fraction of sp³-hybridized carbons (Fsp3) is 0.233. The van der Waals surface area contributed by atoms with E-state index in [1.807, 2.05) is 48.5 Å². The van der Waals surface area contributed by atoms with Gasteiger partial charge in [-0.3, -0.25) is 4.79 Å². The van der Waals surface area contributed by atoms with Gasteiger partial charge in [0, 0.05) is 16.9 Å². The summed E-state index contributed by atoms with van der Waals surface area (Å²) >= 11 is 0. The molecule has 0 saturated carbocycles. The van der Waals surface area contributed by atoms with Gasteiger partial charge in [-0.2, -0.15) is 0 Å². The first-order chi connectivity index (χ1) is 15.8. The van der Waals surface area contributed by atoms with Gasteiger partial charge in [0.15, 0.2) is 0 Å². The summed E-state index contributed by atoms with van der Waals surface area (Å²) in [5.74, 6) is 0.0594. The molecule has 0 bridgehead atoms. The second kappa shape index (κ2) is 9.11. The van der Waals surface area contributed by atoms with E-state index in [0.717, 1.165) is 33.8 Å². The van der Waals surface area contributed by atoms with Crippen molar-refractivity contribution in [1.29, 1.82) is 0 Å². The second-order valence-electron chi connectivity index (χ2n) is 9.83. The number of nitrogens with one attached hydrogen (secondary N) is 2. The van der Waals surface area contributed by atoms with E-state index < -0.39 is 0 Å². The minimum atomic E-state index is -0.0995. The number of carbonyl (C=O) groups is 1. The number of hydrogen-bond acceptors (Lipinski definition) is 1. The Morgan fingerprint density at radius 3 is 1.91 bits per heavy atom. The lowest BCUT2D eigenvalue weighted by molar-refractivity contribution is 0.102. The summed E-state index contributed by atoms with van der Waals surface area (Å²) in [4.78, 5) is 17.3. The van der Waals surface area contributed by atoms with Gasteiger partial charge >= 0.3 is 0 Å². The first kappa shape index (κ1) is 22.6. The first-order valence-corrected chi connectivity index (χ1v) is 11.5. The van der Waals surface area contributed by atoms with Crippen LogP contribution in [0.5, 0.6) is 0 Å². The van der Waals surface area contributed by atoms with Crippen molar-refractivity contribution in [3.05, 3.63) is 102 Å². The van der Waals surface area contributed by atoms with Crippen molar-refractivity contribution >= 4 is 11.6 Å².